The minimum Gasteiger partial charge on any atom is -0.481 e. The van der Waals surface area contributed by atoms with Gasteiger partial charge < -0.3 is 9.84 Å². The molecule has 1 N–H and O–H groups in total. The van der Waals surface area contributed by atoms with E-state index in [1.807, 2.05) is 6.08 Å². The zero-order chi connectivity index (χ0) is 27.9. The van der Waals surface area contributed by atoms with E-state index < -0.39 is 5.97 Å². The summed E-state index contributed by atoms with van der Waals surface area (Å²) >= 11 is 0. The summed E-state index contributed by atoms with van der Waals surface area (Å²) in [5, 5.41) is 8.82. The van der Waals surface area contributed by atoms with Gasteiger partial charge in [-0.05, 0) is 57.4 Å². The third-order valence-corrected chi connectivity index (χ3v) is 6.55. The molecule has 0 bridgehead atoms. The number of hydrogen-bond acceptors (Lipinski definition) is 3. The van der Waals surface area contributed by atoms with Gasteiger partial charge in [0.25, 0.3) is 0 Å². The van der Waals surface area contributed by atoms with Crippen molar-refractivity contribution in [2.24, 2.45) is 0 Å². The van der Waals surface area contributed by atoms with E-state index in [0.717, 1.165) is 57.8 Å². The highest BCUT2D eigenvalue weighted by atomic mass is 16.5. The number of carbonyl (C=O) groups is 2. The third kappa shape index (κ3) is 28.5. The Kier molecular flexibility index (Phi) is 27.8. The van der Waals surface area contributed by atoms with E-state index >= 15 is 0 Å². The molecule has 0 rings (SSSR count). The number of rotatable bonds is 27. The van der Waals surface area contributed by atoms with Gasteiger partial charge in [0.2, 0.25) is 0 Å². The van der Waals surface area contributed by atoms with Crippen LogP contribution in [0.3, 0.4) is 0 Å². The largest absolute Gasteiger partial charge is 0.481 e. The average Bonchev–Trinajstić information content (AvgIpc) is 2.89. The quantitative estimate of drug-likeness (QED) is 0.0651. The van der Waals surface area contributed by atoms with Crippen molar-refractivity contribution in [3.63, 3.8) is 0 Å². The highest BCUT2D eigenvalue weighted by Crippen LogP contribution is 2.14. The molecule has 0 spiro atoms. The monoisotopic (exact) mass is 530 g/mol. The number of hydrogen-bond donors (Lipinski definition) is 1. The van der Waals surface area contributed by atoms with E-state index in [9.17, 15) is 9.59 Å². The van der Waals surface area contributed by atoms with Crippen LogP contribution in [0.2, 0.25) is 0 Å². The second-order valence-electron chi connectivity index (χ2n) is 10.3. The first kappa shape index (κ1) is 35.9. The van der Waals surface area contributed by atoms with Crippen molar-refractivity contribution in [2.45, 2.75) is 155 Å². The molecule has 4 heteroatoms. The molecule has 0 fully saturated rings. The first-order valence-corrected chi connectivity index (χ1v) is 15.6. The molecule has 4 nitrogen and oxygen atoms in total. The summed E-state index contributed by atoms with van der Waals surface area (Å²) in [6.45, 7) is 4.40. The van der Waals surface area contributed by atoms with Gasteiger partial charge in [0.15, 0.2) is 0 Å². The van der Waals surface area contributed by atoms with Crippen LogP contribution in [0.1, 0.15) is 149 Å². The molecule has 0 aromatic heterocycles. The van der Waals surface area contributed by atoms with Gasteiger partial charge in [-0.2, -0.15) is 0 Å². The summed E-state index contributed by atoms with van der Waals surface area (Å²) in [4.78, 5) is 23.2. The Labute approximate surface area is 234 Å². The van der Waals surface area contributed by atoms with Crippen molar-refractivity contribution in [3.8, 4) is 0 Å². The van der Waals surface area contributed by atoms with Crippen LogP contribution in [0.15, 0.2) is 48.6 Å². The maximum atomic E-state index is 12.4. The summed E-state index contributed by atoms with van der Waals surface area (Å²) in [6, 6.07) is 0. The highest BCUT2D eigenvalue weighted by Gasteiger charge is 2.11. The van der Waals surface area contributed by atoms with Gasteiger partial charge in [0, 0.05) is 12.8 Å². The molecular weight excluding hydrogens is 472 g/mol. The molecule has 218 valence electrons. The van der Waals surface area contributed by atoms with Crippen LogP contribution in [0.4, 0.5) is 0 Å². The fraction of sp³-hybridized carbons (Fsp3) is 0.706. The van der Waals surface area contributed by atoms with E-state index in [-0.39, 0.29) is 18.5 Å². The van der Waals surface area contributed by atoms with Crippen LogP contribution >= 0.6 is 0 Å². The minimum absolute atomic E-state index is 0.112. The number of carboxylic acid groups (broad SMARTS) is 1. The molecule has 0 saturated carbocycles. The Morgan fingerprint density at radius 1 is 0.605 bits per heavy atom. The van der Waals surface area contributed by atoms with Gasteiger partial charge in [-0.25, -0.2) is 0 Å². The third-order valence-electron chi connectivity index (χ3n) is 6.55. The molecule has 38 heavy (non-hydrogen) atoms. The molecule has 0 aromatic rings. The maximum Gasteiger partial charge on any atom is 0.306 e. The van der Waals surface area contributed by atoms with Gasteiger partial charge in [0.05, 0.1) is 0 Å². The van der Waals surface area contributed by atoms with Crippen LogP contribution in [0, 0.1) is 0 Å². The zero-order valence-corrected chi connectivity index (χ0v) is 24.7. The van der Waals surface area contributed by atoms with Gasteiger partial charge in [0.1, 0.15) is 6.10 Å². The van der Waals surface area contributed by atoms with Gasteiger partial charge in [-0.3, -0.25) is 9.59 Å². The molecule has 0 aliphatic rings. The van der Waals surface area contributed by atoms with E-state index in [2.05, 4.69) is 56.4 Å². The summed E-state index contributed by atoms with van der Waals surface area (Å²) in [7, 11) is 0. The summed E-state index contributed by atoms with van der Waals surface area (Å²) in [5.74, 6) is -0.863. The topological polar surface area (TPSA) is 63.6 Å². The lowest BCUT2D eigenvalue weighted by molar-refractivity contribution is -0.147. The fourth-order valence-electron chi connectivity index (χ4n) is 4.27. The van der Waals surface area contributed by atoms with Crippen molar-refractivity contribution < 1.29 is 19.4 Å². The average molecular weight is 531 g/mol. The highest BCUT2D eigenvalue weighted by molar-refractivity contribution is 5.69. The number of carboxylic acids is 1. The van der Waals surface area contributed by atoms with Gasteiger partial charge >= 0.3 is 11.9 Å². The smallest absolute Gasteiger partial charge is 0.306 e. The minimum atomic E-state index is -0.751. The number of ether oxygens (including phenoxy) is 1. The SMILES string of the molecule is CC/C=C\C/C=C\C/C=C\C/C=C\C(CCCCCC(=O)O)OC(=O)CCCCCCCCCCCCC. The summed E-state index contributed by atoms with van der Waals surface area (Å²) in [5.41, 5.74) is 0. The maximum absolute atomic E-state index is 12.4. The van der Waals surface area contributed by atoms with Crippen LogP contribution in [0.25, 0.3) is 0 Å². The Morgan fingerprint density at radius 2 is 1.08 bits per heavy atom. The number of unbranched alkanes of at least 4 members (excludes halogenated alkanes) is 12. The molecule has 0 aliphatic carbocycles. The molecule has 0 saturated heterocycles. The lowest BCUT2D eigenvalue weighted by Crippen LogP contribution is -2.16. The van der Waals surface area contributed by atoms with E-state index in [1.165, 1.54) is 57.8 Å². The molecule has 0 aliphatic heterocycles. The number of allylic oxidation sites excluding steroid dienone is 7. The standard InChI is InChI=1S/C34H58O4/c1-3-5-7-9-11-13-15-17-19-21-24-28-32(29-25-23-26-30-33(35)36)38-34(37)31-27-22-20-18-16-14-12-10-8-6-4-2/h5,7,11,13,17,19,24,28,32H,3-4,6,8-10,12,14-16,18,20-23,25-27,29-31H2,1-2H3,(H,35,36)/b7-5-,13-11-,19-17-,28-24-. The van der Waals surface area contributed by atoms with Crippen LogP contribution < -0.4 is 0 Å². The molecule has 0 radical (unpaired) electrons. The molecule has 0 heterocycles. The zero-order valence-electron chi connectivity index (χ0n) is 24.7. The second kappa shape index (κ2) is 29.5. The van der Waals surface area contributed by atoms with E-state index in [4.69, 9.17) is 9.84 Å². The number of aliphatic carboxylic acids is 1. The first-order valence-electron chi connectivity index (χ1n) is 15.6. The van der Waals surface area contributed by atoms with E-state index in [1.54, 1.807) is 0 Å². The van der Waals surface area contributed by atoms with Crippen molar-refractivity contribution >= 4 is 11.9 Å². The Balaban J connectivity index is 4.22. The molecule has 1 unspecified atom stereocenters. The van der Waals surface area contributed by atoms with Crippen molar-refractivity contribution in [1.29, 1.82) is 0 Å². The predicted molar refractivity (Wildman–Crippen MR) is 162 cm³/mol. The Bertz CT molecular complexity index is 659. The Hall–Kier alpha value is -2.10. The lowest BCUT2D eigenvalue weighted by Gasteiger charge is -2.14. The van der Waals surface area contributed by atoms with E-state index in [0.29, 0.717) is 12.8 Å². The van der Waals surface area contributed by atoms with Crippen LogP contribution in [-0.4, -0.2) is 23.1 Å². The van der Waals surface area contributed by atoms with Crippen molar-refractivity contribution in [2.75, 3.05) is 0 Å². The number of carbonyl (C=O) groups excluding carboxylic acids is 1. The van der Waals surface area contributed by atoms with Gasteiger partial charge in [-0.15, -0.1) is 0 Å². The fourth-order valence-corrected chi connectivity index (χ4v) is 4.27. The first-order chi connectivity index (χ1) is 18.6. The molecular formula is C34H58O4. The van der Waals surface area contributed by atoms with Crippen LogP contribution in [0.5, 0.6) is 0 Å². The van der Waals surface area contributed by atoms with Gasteiger partial charge in [-0.1, -0.05) is 127 Å². The van der Waals surface area contributed by atoms with Crippen molar-refractivity contribution in [1.82, 2.24) is 0 Å². The summed E-state index contributed by atoms with van der Waals surface area (Å²) in [6.07, 6.45) is 38.4. The second-order valence-corrected chi connectivity index (χ2v) is 10.3. The molecule has 0 amide bonds. The normalized spacial score (nSPS) is 12.9. The summed E-state index contributed by atoms with van der Waals surface area (Å²) < 4.78 is 5.78. The lowest BCUT2D eigenvalue weighted by atomic mass is 10.1. The molecule has 0 aromatic carbocycles. The number of esters is 1. The predicted octanol–water partition coefficient (Wildman–Crippen LogP) is 10.4. The molecule has 1 atom stereocenters. The Morgan fingerprint density at radius 3 is 1.63 bits per heavy atom. The van der Waals surface area contributed by atoms with Crippen molar-refractivity contribution in [3.05, 3.63) is 48.6 Å². The van der Waals surface area contributed by atoms with Crippen LogP contribution in [-0.2, 0) is 14.3 Å².